The summed E-state index contributed by atoms with van der Waals surface area (Å²) in [4.78, 5) is 54.3. The highest BCUT2D eigenvalue weighted by molar-refractivity contribution is 7.13. The van der Waals surface area contributed by atoms with Crippen molar-refractivity contribution in [2.45, 2.75) is 32.7 Å². The number of anilines is 1. The summed E-state index contributed by atoms with van der Waals surface area (Å²) in [6.45, 7) is 5.13. The Labute approximate surface area is 183 Å². The van der Waals surface area contributed by atoms with Crippen molar-refractivity contribution in [2.24, 2.45) is 0 Å². The van der Waals surface area contributed by atoms with Crippen LogP contribution in [0.25, 0.3) is 0 Å². The van der Waals surface area contributed by atoms with E-state index in [1.165, 1.54) is 11.3 Å². The zero-order valence-electron chi connectivity index (χ0n) is 17.5. The molecule has 1 N–H and O–H groups in total. The molecule has 0 radical (unpaired) electrons. The fourth-order valence-electron chi connectivity index (χ4n) is 3.16. The van der Waals surface area contributed by atoms with Crippen LogP contribution in [0.15, 0.2) is 29.6 Å². The molecule has 0 bridgehead atoms. The molecule has 1 aliphatic heterocycles. The molecule has 0 spiro atoms. The maximum atomic E-state index is 12.6. The summed E-state index contributed by atoms with van der Waals surface area (Å²) >= 11 is 1.19. The Kier molecular flexibility index (Phi) is 6.81. The van der Waals surface area contributed by atoms with Gasteiger partial charge >= 0.3 is 5.97 Å². The second-order valence-electron chi connectivity index (χ2n) is 7.47. The number of thiazole rings is 1. The maximum absolute atomic E-state index is 12.6. The Bertz CT molecular complexity index is 981. The number of benzene rings is 1. The smallest absolute Gasteiger partial charge is 0.311 e. The number of hydrogen-bond acceptors (Lipinski definition) is 8. The Morgan fingerprint density at radius 2 is 1.81 bits per heavy atom. The topological polar surface area (TPSA) is 115 Å². The molecule has 0 unspecified atom stereocenters. The molecule has 2 heterocycles. The summed E-state index contributed by atoms with van der Waals surface area (Å²) in [6.07, 6.45) is 0.0329. The molecule has 0 saturated heterocycles. The van der Waals surface area contributed by atoms with E-state index < -0.39 is 11.4 Å². The summed E-state index contributed by atoms with van der Waals surface area (Å²) in [7, 11) is 0. The Morgan fingerprint density at radius 3 is 2.42 bits per heavy atom. The minimum atomic E-state index is -0.943. The van der Waals surface area contributed by atoms with Gasteiger partial charge in [0.15, 0.2) is 5.13 Å². The van der Waals surface area contributed by atoms with E-state index in [1.807, 2.05) is 0 Å². The second-order valence-corrected chi connectivity index (χ2v) is 8.33. The molecule has 2 aromatic rings. The molecule has 164 valence electrons. The van der Waals surface area contributed by atoms with E-state index in [4.69, 9.17) is 9.47 Å². The number of hydrogen-bond donors (Lipinski definition) is 1. The Morgan fingerprint density at radius 1 is 1.16 bits per heavy atom. The summed E-state index contributed by atoms with van der Waals surface area (Å²) in [5.74, 6) is -1.58. The molecule has 1 aromatic heterocycles. The van der Waals surface area contributed by atoms with Crippen LogP contribution in [0.4, 0.5) is 5.13 Å². The molecule has 3 rings (SSSR count). The van der Waals surface area contributed by atoms with Crippen LogP contribution in [0.2, 0.25) is 0 Å². The highest BCUT2D eigenvalue weighted by Crippen LogP contribution is 2.29. The zero-order valence-corrected chi connectivity index (χ0v) is 18.3. The lowest BCUT2D eigenvalue weighted by Gasteiger charge is -2.33. The number of amides is 3. The summed E-state index contributed by atoms with van der Waals surface area (Å²) in [5, 5.41) is 4.60. The van der Waals surface area contributed by atoms with Crippen LogP contribution in [0.3, 0.4) is 0 Å². The van der Waals surface area contributed by atoms with E-state index in [0.717, 1.165) is 4.90 Å². The van der Waals surface area contributed by atoms with Gasteiger partial charge in [-0.1, -0.05) is 12.1 Å². The van der Waals surface area contributed by atoms with Crippen LogP contribution in [-0.2, 0) is 25.5 Å². The first-order chi connectivity index (χ1) is 14.7. The lowest BCUT2D eigenvalue weighted by atomic mass is 10.0. The number of aromatic nitrogens is 1. The first kappa shape index (κ1) is 22.6. The van der Waals surface area contributed by atoms with Crippen molar-refractivity contribution in [1.29, 1.82) is 0 Å². The fourth-order valence-corrected chi connectivity index (χ4v) is 3.88. The molecule has 0 saturated carbocycles. The number of nitrogens with one attached hydrogen (secondary N) is 1. The summed E-state index contributed by atoms with van der Waals surface area (Å²) < 4.78 is 10.4. The normalized spacial score (nSPS) is 13.3. The van der Waals surface area contributed by atoms with Crippen LogP contribution in [0, 0.1) is 0 Å². The van der Waals surface area contributed by atoms with Crippen molar-refractivity contribution in [3.63, 3.8) is 0 Å². The largest absolute Gasteiger partial charge is 0.466 e. The number of carbonyl (C=O) groups is 4. The molecule has 0 atom stereocenters. The average Bonchev–Trinajstić information content (AvgIpc) is 3.24. The monoisotopic (exact) mass is 445 g/mol. The van der Waals surface area contributed by atoms with Crippen LogP contribution < -0.4 is 5.32 Å². The van der Waals surface area contributed by atoms with Crippen LogP contribution in [0.5, 0.6) is 0 Å². The van der Waals surface area contributed by atoms with Gasteiger partial charge in [0.05, 0.1) is 42.0 Å². The molecule has 0 fully saturated rings. The molecule has 1 aromatic carbocycles. The molecule has 1 aliphatic rings. The number of ether oxygens (including phenoxy) is 2. The fraction of sp³-hybridized carbons (Fsp3) is 0.381. The number of esters is 1. The lowest BCUT2D eigenvalue weighted by molar-refractivity contribution is -0.142. The van der Waals surface area contributed by atoms with Crippen molar-refractivity contribution < 1.29 is 28.7 Å². The van der Waals surface area contributed by atoms with Crippen molar-refractivity contribution >= 4 is 40.2 Å². The van der Waals surface area contributed by atoms with Gasteiger partial charge in [0.1, 0.15) is 6.61 Å². The number of fused-ring (bicyclic) bond motifs is 1. The average molecular weight is 445 g/mol. The van der Waals surface area contributed by atoms with Crippen LogP contribution in [0.1, 0.15) is 47.2 Å². The van der Waals surface area contributed by atoms with Crippen molar-refractivity contribution in [1.82, 2.24) is 9.88 Å². The summed E-state index contributed by atoms with van der Waals surface area (Å²) in [6, 6.07) is 6.64. The molecule has 0 aliphatic carbocycles. The quantitative estimate of drug-likeness (QED) is 0.465. The third-order valence-electron chi connectivity index (χ3n) is 4.52. The molecule has 31 heavy (non-hydrogen) atoms. The van der Waals surface area contributed by atoms with Crippen molar-refractivity contribution in [3.8, 4) is 0 Å². The predicted octanol–water partition coefficient (Wildman–Crippen LogP) is 2.28. The van der Waals surface area contributed by atoms with Crippen molar-refractivity contribution in [2.75, 3.05) is 25.1 Å². The van der Waals surface area contributed by atoms with Gasteiger partial charge in [0.2, 0.25) is 0 Å². The lowest BCUT2D eigenvalue weighted by Crippen LogP contribution is -2.50. The molecule has 3 amide bonds. The third-order valence-corrected chi connectivity index (χ3v) is 5.32. The maximum Gasteiger partial charge on any atom is 0.311 e. The number of nitrogens with zero attached hydrogens (tertiary/aromatic N) is 2. The minimum Gasteiger partial charge on any atom is -0.466 e. The van der Waals surface area contributed by atoms with Crippen LogP contribution in [-0.4, -0.2) is 58.9 Å². The van der Waals surface area contributed by atoms with E-state index in [2.05, 4.69) is 10.3 Å². The highest BCUT2D eigenvalue weighted by atomic mass is 32.1. The Balaban J connectivity index is 1.50. The van der Waals surface area contributed by atoms with E-state index in [0.29, 0.717) is 28.6 Å². The van der Waals surface area contributed by atoms with Gasteiger partial charge in [-0.25, -0.2) is 4.98 Å². The third kappa shape index (κ3) is 5.15. The minimum absolute atomic E-state index is 0.0160. The van der Waals surface area contributed by atoms with Gasteiger partial charge in [0, 0.05) is 5.38 Å². The van der Waals surface area contributed by atoms with Gasteiger partial charge in [-0.2, -0.15) is 0 Å². The standard InChI is InChI=1S/C21H23N3O6S/c1-4-30-17(26)9-13-11-31-20(22-13)23-16(25)10-29-12-21(2,3)24-18(27)14-7-5-6-8-15(14)19(24)28/h5-8,11H,4,9-10,12H2,1-3H3,(H,22,23,25). The van der Waals surface area contributed by atoms with Crippen molar-refractivity contribution in [3.05, 3.63) is 46.5 Å². The predicted molar refractivity (Wildman–Crippen MR) is 113 cm³/mol. The van der Waals surface area contributed by atoms with E-state index in [1.54, 1.807) is 50.4 Å². The van der Waals surface area contributed by atoms with Gasteiger partial charge in [-0.05, 0) is 32.9 Å². The summed E-state index contributed by atoms with van der Waals surface area (Å²) in [5.41, 5.74) is 0.286. The number of carbonyl (C=O) groups excluding carboxylic acids is 4. The van der Waals surface area contributed by atoms with Gasteiger partial charge in [-0.3, -0.25) is 29.4 Å². The second kappa shape index (κ2) is 9.36. The highest BCUT2D eigenvalue weighted by Gasteiger charge is 2.44. The molecular formula is C21H23N3O6S. The van der Waals surface area contributed by atoms with E-state index in [-0.39, 0.29) is 37.4 Å². The van der Waals surface area contributed by atoms with Crippen LogP contribution >= 0.6 is 11.3 Å². The van der Waals surface area contributed by atoms with E-state index in [9.17, 15) is 19.2 Å². The SMILES string of the molecule is CCOC(=O)Cc1csc(NC(=O)COCC(C)(C)N2C(=O)c3ccccc3C2=O)n1. The van der Waals surface area contributed by atoms with Gasteiger partial charge < -0.3 is 9.47 Å². The molecule has 9 nitrogen and oxygen atoms in total. The Hall–Kier alpha value is -3.11. The molecule has 10 heteroatoms. The first-order valence-corrected chi connectivity index (χ1v) is 10.6. The zero-order chi connectivity index (χ0) is 22.6. The van der Waals surface area contributed by atoms with Gasteiger partial charge in [0.25, 0.3) is 17.7 Å². The number of rotatable bonds is 9. The number of imide groups is 1. The molecular weight excluding hydrogens is 422 g/mol. The van der Waals surface area contributed by atoms with E-state index >= 15 is 0 Å². The van der Waals surface area contributed by atoms with Gasteiger partial charge in [-0.15, -0.1) is 11.3 Å². The first-order valence-electron chi connectivity index (χ1n) is 9.68.